The monoisotopic (exact) mass is 580 g/mol. The molecule has 0 fully saturated rings. The van der Waals surface area contributed by atoms with Crippen LogP contribution in [0.3, 0.4) is 0 Å². The van der Waals surface area contributed by atoms with E-state index in [1.165, 1.54) is 12.1 Å². The number of nitrogens with zero attached hydrogens (tertiary/aromatic N) is 1. The molecule has 1 aliphatic rings. The number of halogens is 3. The summed E-state index contributed by atoms with van der Waals surface area (Å²) in [5.74, 6) is -2.40. The Labute approximate surface area is 239 Å². The van der Waals surface area contributed by atoms with Crippen LogP contribution < -0.4 is 16.0 Å². The maximum Gasteiger partial charge on any atom is 0.254 e. The van der Waals surface area contributed by atoms with Crippen LogP contribution in [0.5, 0.6) is 0 Å². The number of thioether (sulfide) groups is 1. The molecule has 1 aliphatic heterocycles. The molecule has 10 heteroatoms. The Bertz CT molecular complexity index is 1550. The third kappa shape index (κ3) is 6.45. The Kier molecular flexibility index (Phi) is 8.97. The topological polar surface area (TPSA) is 94.0 Å². The fourth-order valence-electron chi connectivity index (χ4n) is 4.15. The molecule has 3 aromatic rings. The average molecular weight is 582 g/mol. The number of hydrogen-bond donors (Lipinski definition) is 3. The molecule has 4 rings (SSSR count). The average Bonchev–Trinajstić information content (AvgIpc) is 2.91. The largest absolute Gasteiger partial charge is 0.353 e. The first-order valence-electron chi connectivity index (χ1n) is 11.8. The van der Waals surface area contributed by atoms with Crippen LogP contribution in [0, 0.1) is 24.1 Å². The van der Waals surface area contributed by atoms with Gasteiger partial charge in [0.25, 0.3) is 5.91 Å². The molecule has 39 heavy (non-hydrogen) atoms. The molecule has 0 aliphatic carbocycles. The van der Waals surface area contributed by atoms with E-state index in [9.17, 15) is 14.9 Å². The van der Waals surface area contributed by atoms with Crippen molar-refractivity contribution in [2.45, 2.75) is 19.8 Å². The molecule has 3 aromatic carbocycles. The smallest absolute Gasteiger partial charge is 0.254 e. The van der Waals surface area contributed by atoms with Gasteiger partial charge in [-0.15, -0.1) is 0 Å². The van der Waals surface area contributed by atoms with Gasteiger partial charge in [0.05, 0.1) is 28.3 Å². The Balaban J connectivity index is 1.64. The second-order valence-corrected chi connectivity index (χ2v) is 10.5. The lowest BCUT2D eigenvalue weighted by molar-refractivity contribution is -0.114. The number of nitrogens with one attached hydrogen (secondary N) is 3. The number of carbonyl (C=O) groups is 2. The lowest BCUT2D eigenvalue weighted by Crippen LogP contribution is -2.31. The molecule has 6 nitrogen and oxygen atoms in total. The number of allylic oxidation sites excluding steroid dienone is 2. The lowest BCUT2D eigenvalue weighted by Gasteiger charge is -2.30. The molecule has 1 heterocycles. The molecule has 3 N–H and O–H groups in total. The van der Waals surface area contributed by atoms with E-state index < -0.39 is 17.6 Å². The normalized spacial score (nSPS) is 14.9. The standard InChI is InChI=1S/C29H23Cl2FN4O2S/c1-16-22(31)7-5-9-24(16)36-25(37)15-39-29-21(14-33)27(20-6-3-4-8-23(20)32)26(17(2)34-29)28(38)35-19-12-10-18(30)11-13-19/h3-13,27,34H,15H2,1-2H3,(H,35,38)(H,36,37). The van der Waals surface area contributed by atoms with E-state index in [4.69, 9.17) is 23.2 Å². The number of nitriles is 1. The summed E-state index contributed by atoms with van der Waals surface area (Å²) in [4.78, 5) is 26.2. The van der Waals surface area contributed by atoms with Crippen molar-refractivity contribution in [3.8, 4) is 6.07 Å². The number of benzene rings is 3. The minimum atomic E-state index is -0.995. The van der Waals surface area contributed by atoms with Crippen LogP contribution >= 0.6 is 35.0 Å². The number of anilines is 2. The molecule has 1 atom stereocenters. The molecule has 2 amide bonds. The van der Waals surface area contributed by atoms with Gasteiger partial charge in [-0.1, -0.05) is 59.2 Å². The Morgan fingerprint density at radius 2 is 1.74 bits per heavy atom. The number of rotatable bonds is 7. The zero-order valence-electron chi connectivity index (χ0n) is 20.9. The van der Waals surface area contributed by atoms with E-state index in [0.717, 1.165) is 17.3 Å². The lowest BCUT2D eigenvalue weighted by atomic mass is 9.82. The SMILES string of the molecule is CC1=C(C(=O)Nc2ccc(Cl)cc2)C(c2ccccc2F)C(C#N)=C(SCC(=O)Nc2cccc(Cl)c2C)N1. The van der Waals surface area contributed by atoms with Gasteiger partial charge in [-0.2, -0.15) is 5.26 Å². The van der Waals surface area contributed by atoms with Gasteiger partial charge >= 0.3 is 0 Å². The van der Waals surface area contributed by atoms with Crippen molar-refractivity contribution in [2.75, 3.05) is 16.4 Å². The van der Waals surface area contributed by atoms with Gasteiger partial charge in [0.1, 0.15) is 5.82 Å². The molecule has 0 radical (unpaired) electrons. The molecule has 1 unspecified atom stereocenters. The van der Waals surface area contributed by atoms with E-state index in [-0.39, 0.29) is 28.4 Å². The van der Waals surface area contributed by atoms with Gasteiger partial charge < -0.3 is 16.0 Å². The van der Waals surface area contributed by atoms with Crippen molar-refractivity contribution in [1.29, 1.82) is 5.26 Å². The summed E-state index contributed by atoms with van der Waals surface area (Å²) in [5.41, 5.74) is 2.74. The van der Waals surface area contributed by atoms with Crippen LogP contribution in [0.2, 0.25) is 10.0 Å². The predicted octanol–water partition coefficient (Wildman–Crippen LogP) is 7.15. The van der Waals surface area contributed by atoms with Crippen molar-refractivity contribution in [1.82, 2.24) is 5.32 Å². The van der Waals surface area contributed by atoms with Gasteiger partial charge in [-0.05, 0) is 61.9 Å². The zero-order chi connectivity index (χ0) is 28.1. The molecule has 0 saturated carbocycles. The first kappa shape index (κ1) is 28.2. The molecule has 198 valence electrons. The molecular formula is C29H23Cl2FN4O2S. The molecule has 0 saturated heterocycles. The summed E-state index contributed by atoms with van der Waals surface area (Å²) in [6, 6.07) is 19.9. The fourth-order valence-corrected chi connectivity index (χ4v) is 5.34. The van der Waals surface area contributed by atoms with Gasteiger partial charge in [0.15, 0.2) is 0 Å². The molecule has 0 spiro atoms. The Morgan fingerprint density at radius 3 is 2.44 bits per heavy atom. The minimum absolute atomic E-state index is 0.0386. The van der Waals surface area contributed by atoms with E-state index >= 15 is 4.39 Å². The van der Waals surface area contributed by atoms with Crippen molar-refractivity contribution < 1.29 is 14.0 Å². The summed E-state index contributed by atoms with van der Waals surface area (Å²) in [6.07, 6.45) is 0. The highest BCUT2D eigenvalue weighted by Crippen LogP contribution is 2.42. The molecule has 0 aromatic heterocycles. The quantitative estimate of drug-likeness (QED) is 0.276. The first-order chi connectivity index (χ1) is 18.7. The maximum atomic E-state index is 15.1. The van der Waals surface area contributed by atoms with Gasteiger partial charge in [0.2, 0.25) is 5.91 Å². The first-order valence-corrected chi connectivity index (χ1v) is 13.5. The van der Waals surface area contributed by atoms with Gasteiger partial charge in [-0.3, -0.25) is 9.59 Å². The number of dihydropyridines is 1. The van der Waals surface area contributed by atoms with Gasteiger partial charge in [-0.25, -0.2) is 4.39 Å². The van der Waals surface area contributed by atoms with Crippen LogP contribution in [0.15, 0.2) is 88.6 Å². The van der Waals surface area contributed by atoms with E-state index in [1.54, 1.807) is 68.4 Å². The third-order valence-electron chi connectivity index (χ3n) is 6.10. The minimum Gasteiger partial charge on any atom is -0.353 e. The fraction of sp³-hybridized carbons (Fsp3) is 0.138. The summed E-state index contributed by atoms with van der Waals surface area (Å²) < 4.78 is 15.1. The summed E-state index contributed by atoms with van der Waals surface area (Å²) in [5, 5.41) is 20.3. The Hall–Kier alpha value is -3.77. The molecule has 0 bridgehead atoms. The van der Waals surface area contributed by atoms with Crippen LogP contribution in [0.1, 0.15) is 24.0 Å². The Morgan fingerprint density at radius 1 is 1.03 bits per heavy atom. The van der Waals surface area contributed by atoms with Crippen molar-refractivity contribution in [2.24, 2.45) is 0 Å². The molecular weight excluding hydrogens is 558 g/mol. The summed E-state index contributed by atoms with van der Waals surface area (Å²) in [6.45, 7) is 3.47. The predicted molar refractivity (Wildman–Crippen MR) is 155 cm³/mol. The summed E-state index contributed by atoms with van der Waals surface area (Å²) in [7, 11) is 0. The highest BCUT2D eigenvalue weighted by Gasteiger charge is 2.36. The summed E-state index contributed by atoms with van der Waals surface area (Å²) >= 11 is 13.2. The van der Waals surface area contributed by atoms with Crippen molar-refractivity contribution in [3.63, 3.8) is 0 Å². The van der Waals surface area contributed by atoms with E-state index in [2.05, 4.69) is 22.0 Å². The van der Waals surface area contributed by atoms with E-state index in [0.29, 0.717) is 32.1 Å². The van der Waals surface area contributed by atoms with Gasteiger partial charge in [0, 0.05) is 38.3 Å². The zero-order valence-corrected chi connectivity index (χ0v) is 23.3. The number of amides is 2. The van der Waals surface area contributed by atoms with E-state index in [1.807, 2.05) is 0 Å². The third-order valence-corrected chi connectivity index (χ3v) is 7.78. The second-order valence-electron chi connectivity index (χ2n) is 8.68. The van der Waals surface area contributed by atoms with Crippen LogP contribution in [0.4, 0.5) is 15.8 Å². The number of hydrogen-bond acceptors (Lipinski definition) is 5. The van der Waals surface area contributed by atoms with Crippen LogP contribution in [-0.4, -0.2) is 17.6 Å². The van der Waals surface area contributed by atoms with Crippen LogP contribution in [-0.2, 0) is 9.59 Å². The number of carbonyl (C=O) groups excluding carboxylic acids is 2. The highest BCUT2D eigenvalue weighted by molar-refractivity contribution is 8.03. The van der Waals surface area contributed by atoms with Crippen molar-refractivity contribution >= 4 is 58.2 Å². The maximum absolute atomic E-state index is 15.1. The van der Waals surface area contributed by atoms with Crippen LogP contribution in [0.25, 0.3) is 0 Å². The highest BCUT2D eigenvalue weighted by atomic mass is 35.5. The van der Waals surface area contributed by atoms with Crippen molar-refractivity contribution in [3.05, 3.63) is 116 Å². The second kappa shape index (κ2) is 12.4.